The van der Waals surface area contributed by atoms with Gasteiger partial charge in [0.05, 0.1) is 4.47 Å². The van der Waals surface area contributed by atoms with Crippen LogP contribution in [-0.2, 0) is 6.54 Å². The van der Waals surface area contributed by atoms with Gasteiger partial charge in [-0.05, 0) is 43.0 Å². The molecule has 0 spiro atoms. The van der Waals surface area contributed by atoms with Gasteiger partial charge in [0.25, 0.3) is 0 Å². The second-order valence-electron chi connectivity index (χ2n) is 4.26. The Morgan fingerprint density at radius 2 is 2.12 bits per heavy atom. The summed E-state index contributed by atoms with van der Waals surface area (Å²) in [5, 5.41) is 3.30. The van der Waals surface area contributed by atoms with Crippen molar-refractivity contribution in [1.29, 1.82) is 0 Å². The standard InChI is InChI=1S/C12H18BrFN2/c1-9(8-16(2)3)15-7-10-5-4-6-11(13)12(10)14/h4-6,9,15H,7-8H2,1-3H3. The van der Waals surface area contributed by atoms with Gasteiger partial charge in [-0.15, -0.1) is 0 Å². The van der Waals surface area contributed by atoms with E-state index in [1.165, 1.54) is 0 Å². The van der Waals surface area contributed by atoms with Crippen molar-refractivity contribution in [2.75, 3.05) is 20.6 Å². The molecule has 90 valence electrons. The van der Waals surface area contributed by atoms with E-state index in [1.807, 2.05) is 20.2 Å². The zero-order valence-electron chi connectivity index (χ0n) is 9.93. The van der Waals surface area contributed by atoms with Crippen LogP contribution in [0.15, 0.2) is 22.7 Å². The molecule has 1 N–H and O–H groups in total. The predicted octanol–water partition coefficient (Wildman–Crippen LogP) is 2.63. The molecular weight excluding hydrogens is 271 g/mol. The van der Waals surface area contributed by atoms with Gasteiger partial charge in [-0.1, -0.05) is 12.1 Å². The Balaban J connectivity index is 2.51. The minimum atomic E-state index is -0.174. The van der Waals surface area contributed by atoms with Gasteiger partial charge in [-0.2, -0.15) is 0 Å². The summed E-state index contributed by atoms with van der Waals surface area (Å²) in [6.45, 7) is 3.59. The van der Waals surface area contributed by atoms with Crippen molar-refractivity contribution in [1.82, 2.24) is 10.2 Å². The molecule has 0 fully saturated rings. The van der Waals surface area contributed by atoms with Crippen LogP contribution in [0.1, 0.15) is 12.5 Å². The highest BCUT2D eigenvalue weighted by atomic mass is 79.9. The summed E-state index contributed by atoms with van der Waals surface area (Å²) >= 11 is 3.18. The molecule has 1 atom stereocenters. The number of nitrogens with zero attached hydrogens (tertiary/aromatic N) is 1. The molecule has 0 radical (unpaired) electrons. The Morgan fingerprint density at radius 3 is 2.75 bits per heavy atom. The SMILES string of the molecule is CC(CN(C)C)NCc1cccc(Br)c1F. The molecule has 0 aromatic heterocycles. The largest absolute Gasteiger partial charge is 0.309 e. The third-order valence-electron chi connectivity index (χ3n) is 2.31. The minimum absolute atomic E-state index is 0.174. The van der Waals surface area contributed by atoms with E-state index in [1.54, 1.807) is 12.1 Å². The van der Waals surface area contributed by atoms with E-state index in [4.69, 9.17) is 0 Å². The number of benzene rings is 1. The van der Waals surface area contributed by atoms with Crippen LogP contribution in [0.5, 0.6) is 0 Å². The van der Waals surface area contributed by atoms with Crippen LogP contribution in [0.4, 0.5) is 4.39 Å². The summed E-state index contributed by atoms with van der Waals surface area (Å²) in [5.41, 5.74) is 0.694. The smallest absolute Gasteiger partial charge is 0.141 e. The summed E-state index contributed by atoms with van der Waals surface area (Å²) in [6, 6.07) is 5.70. The lowest BCUT2D eigenvalue weighted by Crippen LogP contribution is -2.35. The number of rotatable bonds is 5. The first kappa shape index (κ1) is 13.6. The summed E-state index contributed by atoms with van der Waals surface area (Å²) in [7, 11) is 4.05. The van der Waals surface area contributed by atoms with E-state index in [9.17, 15) is 4.39 Å². The number of likely N-dealkylation sites (N-methyl/N-ethyl adjacent to an activating group) is 1. The van der Waals surface area contributed by atoms with Crippen molar-refractivity contribution >= 4 is 15.9 Å². The minimum Gasteiger partial charge on any atom is -0.309 e. The molecule has 0 saturated heterocycles. The van der Waals surface area contributed by atoms with Gasteiger partial charge in [0.2, 0.25) is 0 Å². The predicted molar refractivity (Wildman–Crippen MR) is 69.0 cm³/mol. The maximum Gasteiger partial charge on any atom is 0.141 e. The summed E-state index contributed by atoms with van der Waals surface area (Å²) < 4.78 is 14.1. The molecule has 0 bridgehead atoms. The average Bonchev–Trinajstić information content (AvgIpc) is 2.19. The fraction of sp³-hybridized carbons (Fsp3) is 0.500. The normalized spacial score (nSPS) is 13.1. The lowest BCUT2D eigenvalue weighted by Gasteiger charge is -2.18. The second kappa shape index (κ2) is 6.33. The third-order valence-corrected chi connectivity index (χ3v) is 2.92. The van der Waals surface area contributed by atoms with Crippen LogP contribution in [0.3, 0.4) is 0 Å². The fourth-order valence-electron chi connectivity index (χ4n) is 1.58. The number of hydrogen-bond acceptors (Lipinski definition) is 2. The number of halogens is 2. The van der Waals surface area contributed by atoms with Crippen LogP contribution >= 0.6 is 15.9 Å². The van der Waals surface area contributed by atoms with Crippen molar-refractivity contribution in [2.24, 2.45) is 0 Å². The first-order chi connectivity index (χ1) is 7.50. The highest BCUT2D eigenvalue weighted by molar-refractivity contribution is 9.10. The van der Waals surface area contributed by atoms with Crippen molar-refractivity contribution in [3.8, 4) is 0 Å². The third kappa shape index (κ3) is 4.20. The molecule has 0 aliphatic rings. The summed E-state index contributed by atoms with van der Waals surface area (Å²) in [6.07, 6.45) is 0. The first-order valence-electron chi connectivity index (χ1n) is 5.31. The molecular formula is C12H18BrFN2. The Kier molecular flexibility index (Phi) is 5.38. The fourth-order valence-corrected chi connectivity index (χ4v) is 1.99. The van der Waals surface area contributed by atoms with Gasteiger partial charge >= 0.3 is 0 Å². The number of nitrogens with one attached hydrogen (secondary N) is 1. The highest BCUT2D eigenvalue weighted by Crippen LogP contribution is 2.18. The van der Waals surface area contributed by atoms with Crippen LogP contribution in [0.25, 0.3) is 0 Å². The van der Waals surface area contributed by atoms with E-state index in [0.717, 1.165) is 6.54 Å². The van der Waals surface area contributed by atoms with Gasteiger partial charge < -0.3 is 10.2 Å². The van der Waals surface area contributed by atoms with Gasteiger partial charge in [0.1, 0.15) is 5.82 Å². The molecule has 0 aliphatic heterocycles. The van der Waals surface area contributed by atoms with Crippen LogP contribution in [-0.4, -0.2) is 31.6 Å². The van der Waals surface area contributed by atoms with E-state index < -0.39 is 0 Å². The Labute approximate surface area is 105 Å². The molecule has 4 heteroatoms. The maximum absolute atomic E-state index is 13.6. The van der Waals surface area contributed by atoms with Crippen molar-refractivity contribution in [3.63, 3.8) is 0 Å². The average molecular weight is 289 g/mol. The zero-order chi connectivity index (χ0) is 12.1. The number of hydrogen-bond donors (Lipinski definition) is 1. The monoisotopic (exact) mass is 288 g/mol. The van der Waals surface area contributed by atoms with E-state index in [2.05, 4.69) is 33.1 Å². The molecule has 2 nitrogen and oxygen atoms in total. The van der Waals surface area contributed by atoms with Gasteiger partial charge in [0, 0.05) is 24.7 Å². The van der Waals surface area contributed by atoms with E-state index in [0.29, 0.717) is 22.6 Å². The lowest BCUT2D eigenvalue weighted by molar-refractivity contribution is 0.348. The second-order valence-corrected chi connectivity index (χ2v) is 5.11. The Morgan fingerprint density at radius 1 is 1.44 bits per heavy atom. The molecule has 1 aromatic rings. The Bertz CT molecular complexity index is 342. The molecule has 0 amide bonds. The Hall–Kier alpha value is -0.450. The van der Waals surface area contributed by atoms with Gasteiger partial charge in [0.15, 0.2) is 0 Å². The van der Waals surface area contributed by atoms with Crippen molar-refractivity contribution in [3.05, 3.63) is 34.1 Å². The molecule has 16 heavy (non-hydrogen) atoms. The quantitative estimate of drug-likeness (QED) is 0.896. The van der Waals surface area contributed by atoms with Gasteiger partial charge in [-0.25, -0.2) is 4.39 Å². The van der Waals surface area contributed by atoms with E-state index >= 15 is 0 Å². The van der Waals surface area contributed by atoms with E-state index in [-0.39, 0.29) is 5.82 Å². The maximum atomic E-state index is 13.6. The molecule has 0 saturated carbocycles. The van der Waals surface area contributed by atoms with Crippen molar-refractivity contribution in [2.45, 2.75) is 19.5 Å². The van der Waals surface area contributed by atoms with Crippen LogP contribution < -0.4 is 5.32 Å². The van der Waals surface area contributed by atoms with Crippen LogP contribution in [0, 0.1) is 5.82 Å². The molecule has 1 rings (SSSR count). The highest BCUT2D eigenvalue weighted by Gasteiger charge is 2.07. The topological polar surface area (TPSA) is 15.3 Å². The zero-order valence-corrected chi connectivity index (χ0v) is 11.5. The molecule has 1 unspecified atom stereocenters. The summed E-state index contributed by atoms with van der Waals surface area (Å²) in [5.74, 6) is -0.174. The summed E-state index contributed by atoms with van der Waals surface area (Å²) in [4.78, 5) is 2.11. The molecule has 0 heterocycles. The molecule has 1 aromatic carbocycles. The lowest BCUT2D eigenvalue weighted by atomic mass is 10.2. The first-order valence-corrected chi connectivity index (χ1v) is 6.11. The van der Waals surface area contributed by atoms with Gasteiger partial charge in [-0.3, -0.25) is 0 Å². The van der Waals surface area contributed by atoms with Crippen LogP contribution in [0.2, 0.25) is 0 Å². The van der Waals surface area contributed by atoms with Crippen molar-refractivity contribution < 1.29 is 4.39 Å². The molecule has 0 aliphatic carbocycles.